The van der Waals surface area contributed by atoms with E-state index in [1.165, 1.54) is 25.5 Å². The van der Waals surface area contributed by atoms with Crippen LogP contribution in [0.25, 0.3) is 0 Å². The van der Waals surface area contributed by atoms with Crippen molar-refractivity contribution in [3.8, 4) is 5.75 Å². The van der Waals surface area contributed by atoms with Gasteiger partial charge in [0.15, 0.2) is 0 Å². The second-order valence-electron chi connectivity index (χ2n) is 4.96. The van der Waals surface area contributed by atoms with Gasteiger partial charge in [-0.05, 0) is 29.8 Å². The number of methoxy groups -OCH3 is 1. The van der Waals surface area contributed by atoms with Crippen LogP contribution in [0, 0.1) is 0 Å². The Bertz CT molecular complexity index is 820. The lowest BCUT2D eigenvalue weighted by Gasteiger charge is -2.12. The minimum Gasteiger partial charge on any atom is -0.497 e. The SMILES string of the molecule is COc1ccc(S(=O)(=O)C2=CC=C(CN)C=CC2)c(S(C)=O)c1. The van der Waals surface area contributed by atoms with Gasteiger partial charge in [-0.25, -0.2) is 8.42 Å². The number of hydrogen-bond acceptors (Lipinski definition) is 5. The number of allylic oxidation sites excluding steroid dienone is 4. The summed E-state index contributed by atoms with van der Waals surface area (Å²) in [5, 5.41) is 0. The second-order valence-corrected chi connectivity index (χ2v) is 8.27. The average molecular weight is 353 g/mol. The molecule has 0 heterocycles. The third-order valence-corrected chi connectivity index (χ3v) is 6.48. The van der Waals surface area contributed by atoms with Crippen LogP contribution < -0.4 is 10.5 Å². The Hall–Kier alpha value is -1.70. The van der Waals surface area contributed by atoms with Gasteiger partial charge in [-0.3, -0.25) is 4.21 Å². The van der Waals surface area contributed by atoms with Crippen LogP contribution in [0.1, 0.15) is 6.42 Å². The zero-order valence-corrected chi connectivity index (χ0v) is 14.6. The van der Waals surface area contributed by atoms with Gasteiger partial charge < -0.3 is 10.5 Å². The normalized spacial score (nSPS) is 16.3. The molecule has 0 fully saturated rings. The van der Waals surface area contributed by atoms with Gasteiger partial charge in [-0.2, -0.15) is 0 Å². The van der Waals surface area contributed by atoms with Crippen molar-refractivity contribution in [2.24, 2.45) is 5.73 Å². The van der Waals surface area contributed by atoms with Crippen molar-refractivity contribution in [1.29, 1.82) is 0 Å². The van der Waals surface area contributed by atoms with Crippen molar-refractivity contribution in [1.82, 2.24) is 0 Å². The molecule has 1 aliphatic carbocycles. The average Bonchev–Trinajstić information content (AvgIpc) is 2.80. The molecule has 0 bridgehead atoms. The van der Waals surface area contributed by atoms with Crippen molar-refractivity contribution in [3.63, 3.8) is 0 Å². The van der Waals surface area contributed by atoms with Crippen molar-refractivity contribution in [2.75, 3.05) is 19.9 Å². The van der Waals surface area contributed by atoms with Gasteiger partial charge >= 0.3 is 0 Å². The summed E-state index contributed by atoms with van der Waals surface area (Å²) in [5.41, 5.74) is 6.43. The summed E-state index contributed by atoms with van der Waals surface area (Å²) >= 11 is 0. The van der Waals surface area contributed by atoms with E-state index in [0.717, 1.165) is 5.57 Å². The lowest BCUT2D eigenvalue weighted by Crippen LogP contribution is -2.08. The molecule has 23 heavy (non-hydrogen) atoms. The number of rotatable bonds is 5. The zero-order chi connectivity index (χ0) is 17.0. The molecular formula is C16H19NO4S2. The molecule has 2 rings (SSSR count). The van der Waals surface area contributed by atoms with E-state index in [-0.39, 0.29) is 21.1 Å². The Kier molecular flexibility index (Phi) is 5.56. The summed E-state index contributed by atoms with van der Waals surface area (Å²) in [6.07, 6.45) is 8.55. The van der Waals surface area contributed by atoms with E-state index in [2.05, 4.69) is 0 Å². The Morgan fingerprint density at radius 3 is 2.65 bits per heavy atom. The van der Waals surface area contributed by atoms with E-state index in [0.29, 0.717) is 12.3 Å². The van der Waals surface area contributed by atoms with Gasteiger partial charge in [0.2, 0.25) is 9.84 Å². The molecule has 0 amide bonds. The lowest BCUT2D eigenvalue weighted by atomic mass is 10.2. The fourth-order valence-corrected chi connectivity index (χ4v) is 4.92. The monoisotopic (exact) mass is 353 g/mol. The third kappa shape index (κ3) is 3.80. The maximum atomic E-state index is 12.9. The predicted octanol–water partition coefficient (Wildman–Crippen LogP) is 1.94. The summed E-state index contributed by atoms with van der Waals surface area (Å²) in [7, 11) is -3.72. The van der Waals surface area contributed by atoms with Gasteiger partial charge in [-0.15, -0.1) is 0 Å². The Labute approximate surface area is 138 Å². The number of ether oxygens (including phenoxy) is 1. The molecule has 1 unspecified atom stereocenters. The van der Waals surface area contributed by atoms with E-state index in [1.54, 1.807) is 24.3 Å². The third-order valence-electron chi connectivity index (χ3n) is 3.47. The highest BCUT2D eigenvalue weighted by Gasteiger charge is 2.25. The van der Waals surface area contributed by atoms with E-state index in [1.807, 2.05) is 6.08 Å². The van der Waals surface area contributed by atoms with Crippen molar-refractivity contribution >= 4 is 20.6 Å². The standard InChI is InChI=1S/C16H19NO4S2/c1-21-13-7-9-16(15(10-13)22(2)18)23(19,20)14-5-3-4-12(11-17)6-8-14/h3-4,6-10H,5,11,17H2,1-2H3. The van der Waals surface area contributed by atoms with Crippen LogP contribution in [-0.2, 0) is 20.6 Å². The van der Waals surface area contributed by atoms with Crippen LogP contribution in [0.2, 0.25) is 0 Å². The number of hydrogen-bond donors (Lipinski definition) is 1. The van der Waals surface area contributed by atoms with Gasteiger partial charge in [0.25, 0.3) is 0 Å². The molecule has 0 saturated carbocycles. The number of benzene rings is 1. The molecule has 0 aromatic heterocycles. The second kappa shape index (κ2) is 7.25. The van der Waals surface area contributed by atoms with Crippen LogP contribution >= 0.6 is 0 Å². The highest BCUT2D eigenvalue weighted by molar-refractivity contribution is 7.96. The maximum Gasteiger partial charge on any atom is 0.204 e. The van der Waals surface area contributed by atoms with Crippen LogP contribution in [0.5, 0.6) is 5.75 Å². The molecule has 0 aliphatic heterocycles. The van der Waals surface area contributed by atoms with Crippen molar-refractivity contribution in [2.45, 2.75) is 16.2 Å². The highest BCUT2D eigenvalue weighted by Crippen LogP contribution is 2.30. The van der Waals surface area contributed by atoms with E-state index in [4.69, 9.17) is 10.5 Å². The minimum atomic E-state index is -3.74. The molecule has 1 aliphatic rings. The molecule has 1 aromatic carbocycles. The Balaban J connectivity index is 2.57. The van der Waals surface area contributed by atoms with Crippen molar-refractivity contribution < 1.29 is 17.4 Å². The molecule has 0 radical (unpaired) electrons. The van der Waals surface area contributed by atoms with Crippen molar-refractivity contribution in [3.05, 3.63) is 53.0 Å². The van der Waals surface area contributed by atoms with E-state index < -0.39 is 20.6 Å². The molecule has 0 saturated heterocycles. The first-order valence-electron chi connectivity index (χ1n) is 6.93. The first kappa shape index (κ1) is 17.7. The smallest absolute Gasteiger partial charge is 0.204 e. The quantitative estimate of drug-likeness (QED) is 0.874. The van der Waals surface area contributed by atoms with E-state index in [9.17, 15) is 12.6 Å². The van der Waals surface area contributed by atoms with Gasteiger partial charge in [0.1, 0.15) is 5.75 Å². The molecule has 0 spiro atoms. The summed E-state index contributed by atoms with van der Waals surface area (Å²) in [4.78, 5) is 0.527. The predicted molar refractivity (Wildman–Crippen MR) is 91.5 cm³/mol. The molecule has 5 nitrogen and oxygen atoms in total. The molecule has 2 N–H and O–H groups in total. The first-order chi connectivity index (χ1) is 10.9. The maximum absolute atomic E-state index is 12.9. The first-order valence-corrected chi connectivity index (χ1v) is 9.97. The topological polar surface area (TPSA) is 86.5 Å². The van der Waals surface area contributed by atoms with Crippen LogP contribution in [0.4, 0.5) is 0 Å². The molecule has 124 valence electrons. The summed E-state index contributed by atoms with van der Waals surface area (Å²) in [6, 6.07) is 4.49. The van der Waals surface area contributed by atoms with Crippen LogP contribution in [0.15, 0.2) is 62.8 Å². The fraction of sp³-hybridized carbons (Fsp3) is 0.250. The summed E-state index contributed by atoms with van der Waals surface area (Å²) < 4.78 is 42.9. The van der Waals surface area contributed by atoms with Crippen LogP contribution in [-0.4, -0.2) is 32.5 Å². The molecule has 7 heteroatoms. The van der Waals surface area contributed by atoms with Gasteiger partial charge in [-0.1, -0.05) is 18.2 Å². The Morgan fingerprint density at radius 1 is 1.30 bits per heavy atom. The fourth-order valence-electron chi connectivity index (χ4n) is 2.19. The zero-order valence-electron chi connectivity index (χ0n) is 13.0. The van der Waals surface area contributed by atoms with E-state index >= 15 is 0 Å². The molecule has 1 aromatic rings. The number of nitrogens with two attached hydrogens (primary N) is 1. The summed E-state index contributed by atoms with van der Waals surface area (Å²) in [6.45, 7) is 0.340. The lowest BCUT2D eigenvalue weighted by molar-refractivity contribution is 0.413. The number of sulfone groups is 1. The molecular weight excluding hydrogens is 334 g/mol. The Morgan fingerprint density at radius 2 is 2.04 bits per heavy atom. The summed E-state index contributed by atoms with van der Waals surface area (Å²) in [5.74, 6) is 0.467. The highest BCUT2D eigenvalue weighted by atomic mass is 32.2. The molecule has 1 atom stereocenters. The van der Waals surface area contributed by atoms with Gasteiger partial charge in [0.05, 0.1) is 32.6 Å². The van der Waals surface area contributed by atoms with Gasteiger partial charge in [0, 0.05) is 19.2 Å². The largest absolute Gasteiger partial charge is 0.497 e. The van der Waals surface area contributed by atoms with Crippen LogP contribution in [0.3, 0.4) is 0 Å². The minimum absolute atomic E-state index is 0.0448.